The normalized spacial score (nSPS) is 15.1. The smallest absolute Gasteiger partial charge is 0.213 e. The summed E-state index contributed by atoms with van der Waals surface area (Å²) in [5.74, 6) is 1.54. The van der Waals surface area contributed by atoms with Gasteiger partial charge in [0.2, 0.25) is 5.96 Å². The molecule has 0 saturated carbocycles. The number of aliphatic imine (C=N–C) groups is 1. The molecule has 1 atom stereocenters. The molecule has 0 radical (unpaired) electrons. The van der Waals surface area contributed by atoms with Gasteiger partial charge in [-0.2, -0.15) is 15.2 Å². The number of guanidine groups is 1. The minimum absolute atomic E-state index is 0.383. The summed E-state index contributed by atoms with van der Waals surface area (Å²) in [7, 11) is 0. The molecule has 2 aromatic heterocycles. The second-order valence-corrected chi connectivity index (χ2v) is 12.2. The number of fused-ring (bicyclic) bond motifs is 4. The molecule has 0 bridgehead atoms. The molecule has 4 aromatic carbocycles. The van der Waals surface area contributed by atoms with Gasteiger partial charge in [0.25, 0.3) is 0 Å². The Kier molecular flexibility index (Phi) is 6.71. The zero-order valence-electron chi connectivity index (χ0n) is 24.4. The molecule has 0 N–H and O–H groups in total. The second-order valence-electron chi connectivity index (χ2n) is 11.1. The Morgan fingerprint density at radius 3 is 2.02 bits per heavy atom. The van der Waals surface area contributed by atoms with Crippen molar-refractivity contribution in [1.82, 2.24) is 19.6 Å². The minimum Gasteiger partial charge on any atom is -0.305 e. The highest BCUT2D eigenvalue weighted by atomic mass is 35.5. The Labute approximate surface area is 275 Å². The Morgan fingerprint density at radius 2 is 1.27 bits per heavy atom. The van der Waals surface area contributed by atoms with Crippen LogP contribution >= 0.6 is 34.8 Å². The zero-order chi connectivity index (χ0) is 30.8. The van der Waals surface area contributed by atoms with Gasteiger partial charge < -0.3 is 4.90 Å². The van der Waals surface area contributed by atoms with E-state index in [-0.39, 0.29) is 6.04 Å². The lowest BCUT2D eigenvalue weighted by atomic mass is 9.95. The highest BCUT2D eigenvalue weighted by molar-refractivity contribution is 6.43. The number of benzene rings is 4. The summed E-state index contributed by atoms with van der Waals surface area (Å²) < 4.78 is 3.60. The number of hydrogen-bond donors (Lipinski definition) is 0. The summed E-state index contributed by atoms with van der Waals surface area (Å²) in [5.41, 5.74) is 8.21. The second kappa shape index (κ2) is 10.8. The molecule has 45 heavy (non-hydrogen) atoms. The summed E-state index contributed by atoms with van der Waals surface area (Å²) in [4.78, 5) is 9.91. The van der Waals surface area contributed by atoms with Gasteiger partial charge in [0.05, 0.1) is 56.8 Å². The van der Waals surface area contributed by atoms with E-state index in [9.17, 15) is 0 Å². The van der Waals surface area contributed by atoms with Crippen molar-refractivity contribution in [3.8, 4) is 11.4 Å². The van der Waals surface area contributed by atoms with Gasteiger partial charge in [-0.3, -0.25) is 4.90 Å². The third-order valence-corrected chi connectivity index (χ3v) is 9.55. The summed E-state index contributed by atoms with van der Waals surface area (Å²) >= 11 is 20.4. The van der Waals surface area contributed by atoms with Crippen LogP contribution in [0, 0.1) is 13.8 Å². The third kappa shape index (κ3) is 4.37. The first-order valence-electron chi connectivity index (χ1n) is 14.5. The molecule has 0 saturated heterocycles. The lowest BCUT2D eigenvalue weighted by molar-refractivity contribution is 0.805. The molecular weight excluding hydrogens is 625 g/mol. The first kappa shape index (κ1) is 28.0. The average Bonchev–Trinajstić information content (AvgIpc) is 3.67. The number of anilines is 2. The van der Waals surface area contributed by atoms with Crippen molar-refractivity contribution in [2.45, 2.75) is 26.4 Å². The molecule has 0 amide bonds. The van der Waals surface area contributed by atoms with Crippen LogP contribution in [0.15, 0.2) is 108 Å². The van der Waals surface area contributed by atoms with Crippen LogP contribution in [-0.2, 0) is 6.54 Å². The van der Waals surface area contributed by atoms with E-state index < -0.39 is 0 Å². The largest absolute Gasteiger partial charge is 0.305 e. The topological polar surface area (TPSA) is 54.5 Å². The summed E-state index contributed by atoms with van der Waals surface area (Å²) in [6.07, 6.45) is 0. The van der Waals surface area contributed by atoms with Crippen molar-refractivity contribution < 1.29 is 0 Å². The van der Waals surface area contributed by atoms with E-state index in [4.69, 9.17) is 50.0 Å². The van der Waals surface area contributed by atoms with Crippen molar-refractivity contribution >= 4 is 58.0 Å². The molecule has 0 aliphatic carbocycles. The van der Waals surface area contributed by atoms with Gasteiger partial charge >= 0.3 is 0 Å². The fraction of sp³-hybridized carbons (Fsp3) is 0.114. The van der Waals surface area contributed by atoms with E-state index in [1.165, 1.54) is 5.56 Å². The van der Waals surface area contributed by atoms with Gasteiger partial charge in [-0.25, -0.2) is 9.36 Å². The molecule has 0 spiro atoms. The van der Waals surface area contributed by atoms with Crippen molar-refractivity contribution in [3.05, 3.63) is 146 Å². The van der Waals surface area contributed by atoms with E-state index in [0.717, 1.165) is 51.4 Å². The molecule has 10 heteroatoms. The molecule has 0 fully saturated rings. The van der Waals surface area contributed by atoms with Crippen LogP contribution in [0.5, 0.6) is 0 Å². The Morgan fingerprint density at radius 1 is 0.644 bits per heavy atom. The van der Waals surface area contributed by atoms with Crippen molar-refractivity contribution in [2.75, 3.05) is 9.80 Å². The SMILES string of the molecule is Cc1nn(-c2cccc(Cl)c2Cl)c(Cl)c1C1c2c(C)nn(-c3ccccc3)c2N=C2N(Cc3ccccc3)c3ccccc3N21. The molecule has 2 aliphatic rings. The number of halogens is 3. The number of rotatable bonds is 5. The minimum atomic E-state index is -0.383. The quantitative estimate of drug-likeness (QED) is 0.187. The van der Waals surface area contributed by atoms with Gasteiger partial charge in [0.1, 0.15) is 5.15 Å². The summed E-state index contributed by atoms with van der Waals surface area (Å²) in [6, 6.07) is 34.0. The maximum atomic E-state index is 7.34. The molecule has 1 unspecified atom stereocenters. The van der Waals surface area contributed by atoms with Crippen LogP contribution in [0.2, 0.25) is 15.2 Å². The standard InChI is InChI=1S/C35H26Cl3N7/c1-21-29(33(38)45(41-21)28-19-11-16-25(36)31(28)37)32-30-22(2)40-44(24-14-7-4-8-15-24)34(30)39-35-42(20-23-12-5-3-6-13-23)26-17-9-10-18-27(26)43(32)35/h3-19,32H,20H2,1-2H3. The molecule has 6 aromatic rings. The number of aryl methyl sites for hydroxylation is 2. The van der Waals surface area contributed by atoms with Gasteiger partial charge in [-0.1, -0.05) is 102 Å². The first-order chi connectivity index (χ1) is 21.9. The number of nitrogens with zero attached hydrogens (tertiary/aromatic N) is 7. The van der Waals surface area contributed by atoms with Crippen LogP contribution in [-0.4, -0.2) is 25.5 Å². The summed E-state index contributed by atoms with van der Waals surface area (Å²) in [6.45, 7) is 4.64. The fourth-order valence-electron chi connectivity index (χ4n) is 6.37. The highest BCUT2D eigenvalue weighted by Crippen LogP contribution is 2.52. The Hall–Kier alpha value is -4.56. The molecule has 7 nitrogen and oxygen atoms in total. The van der Waals surface area contributed by atoms with Gasteiger partial charge in [-0.15, -0.1) is 0 Å². The van der Waals surface area contributed by atoms with Crippen LogP contribution in [0.3, 0.4) is 0 Å². The lowest BCUT2D eigenvalue weighted by Crippen LogP contribution is -2.43. The fourth-order valence-corrected chi connectivity index (χ4v) is 7.12. The molecule has 8 rings (SSSR count). The first-order valence-corrected chi connectivity index (χ1v) is 15.7. The average molecular weight is 651 g/mol. The number of para-hydroxylation sites is 3. The summed E-state index contributed by atoms with van der Waals surface area (Å²) in [5, 5.41) is 11.2. The van der Waals surface area contributed by atoms with E-state index in [0.29, 0.717) is 27.4 Å². The monoisotopic (exact) mass is 649 g/mol. The van der Waals surface area contributed by atoms with Crippen molar-refractivity contribution in [2.24, 2.45) is 4.99 Å². The Bertz CT molecular complexity index is 2120. The van der Waals surface area contributed by atoms with E-state index in [1.807, 2.05) is 67.1 Å². The number of aromatic nitrogens is 4. The van der Waals surface area contributed by atoms with Crippen LogP contribution in [0.1, 0.15) is 34.1 Å². The van der Waals surface area contributed by atoms with Crippen molar-refractivity contribution in [1.29, 1.82) is 0 Å². The van der Waals surface area contributed by atoms with E-state index >= 15 is 0 Å². The maximum absolute atomic E-state index is 7.34. The molecular formula is C35H26Cl3N7. The Balaban J connectivity index is 1.40. The van der Waals surface area contributed by atoms with Crippen molar-refractivity contribution in [3.63, 3.8) is 0 Å². The lowest BCUT2D eigenvalue weighted by Gasteiger charge is -2.35. The van der Waals surface area contributed by atoms with E-state index in [1.54, 1.807) is 10.7 Å². The molecule has 4 heterocycles. The van der Waals surface area contributed by atoms with Gasteiger partial charge in [-0.05, 0) is 55.8 Å². The highest BCUT2D eigenvalue weighted by Gasteiger charge is 2.46. The van der Waals surface area contributed by atoms with Crippen LogP contribution < -0.4 is 9.80 Å². The zero-order valence-corrected chi connectivity index (χ0v) is 26.6. The molecule has 2 aliphatic heterocycles. The third-order valence-electron chi connectivity index (χ3n) is 8.37. The predicted molar refractivity (Wildman–Crippen MR) is 182 cm³/mol. The predicted octanol–water partition coefficient (Wildman–Crippen LogP) is 9.25. The van der Waals surface area contributed by atoms with Gasteiger partial charge in [0.15, 0.2) is 5.82 Å². The van der Waals surface area contributed by atoms with Crippen LogP contribution in [0.4, 0.5) is 17.2 Å². The maximum Gasteiger partial charge on any atom is 0.213 e. The number of hydrogen-bond acceptors (Lipinski definition) is 5. The molecule has 222 valence electrons. The van der Waals surface area contributed by atoms with Crippen LogP contribution in [0.25, 0.3) is 11.4 Å². The van der Waals surface area contributed by atoms with E-state index in [2.05, 4.69) is 58.3 Å². The van der Waals surface area contributed by atoms with Gasteiger partial charge in [0, 0.05) is 11.1 Å².